The largest absolute Gasteiger partial charge is 0.378 e. The Hall–Kier alpha value is -2.17. The molecule has 1 saturated heterocycles. The van der Waals surface area contributed by atoms with E-state index in [4.69, 9.17) is 4.74 Å². The lowest BCUT2D eigenvalue weighted by atomic mass is 9.95. The molecule has 0 unspecified atom stereocenters. The standard InChI is InChI=1S/C17H22N6O/c1-12(2)22-4-3-13-14(9-18)17(21-5-7-24-8-6-21)23-11-19-20-16(23)15(13)10-22/h11-12H,3-8,10H2,1-2H3. The molecule has 0 bridgehead atoms. The van der Waals surface area contributed by atoms with Crippen LogP contribution in [-0.4, -0.2) is 58.4 Å². The molecule has 2 aromatic rings. The second-order valence-electron chi connectivity index (χ2n) is 6.71. The smallest absolute Gasteiger partial charge is 0.167 e. The molecule has 4 rings (SSSR count). The number of ether oxygens (including phenoxy) is 1. The Morgan fingerprint density at radius 3 is 2.71 bits per heavy atom. The van der Waals surface area contributed by atoms with Crippen molar-refractivity contribution in [2.75, 3.05) is 37.7 Å². The van der Waals surface area contributed by atoms with Crippen LogP contribution in [0, 0.1) is 11.3 Å². The molecule has 0 aromatic carbocycles. The molecule has 0 aliphatic carbocycles. The van der Waals surface area contributed by atoms with Gasteiger partial charge < -0.3 is 9.64 Å². The van der Waals surface area contributed by atoms with Gasteiger partial charge in [-0.2, -0.15) is 5.26 Å². The van der Waals surface area contributed by atoms with Crippen LogP contribution in [-0.2, 0) is 17.7 Å². The lowest BCUT2D eigenvalue weighted by Crippen LogP contribution is -2.40. The molecule has 126 valence electrons. The maximum Gasteiger partial charge on any atom is 0.167 e. The number of anilines is 1. The molecule has 0 N–H and O–H groups in total. The van der Waals surface area contributed by atoms with Gasteiger partial charge in [0.25, 0.3) is 0 Å². The van der Waals surface area contributed by atoms with Crippen LogP contribution in [0.25, 0.3) is 5.65 Å². The van der Waals surface area contributed by atoms with Gasteiger partial charge in [-0.05, 0) is 25.8 Å². The van der Waals surface area contributed by atoms with Gasteiger partial charge in [-0.1, -0.05) is 0 Å². The molecule has 0 spiro atoms. The number of hydrogen-bond donors (Lipinski definition) is 0. The van der Waals surface area contributed by atoms with E-state index in [0.717, 1.165) is 60.8 Å². The summed E-state index contributed by atoms with van der Waals surface area (Å²) in [7, 11) is 0. The minimum Gasteiger partial charge on any atom is -0.378 e. The number of pyridine rings is 1. The average Bonchev–Trinajstić information content (AvgIpc) is 3.10. The van der Waals surface area contributed by atoms with Crippen molar-refractivity contribution in [1.29, 1.82) is 5.26 Å². The van der Waals surface area contributed by atoms with Crippen LogP contribution in [0.5, 0.6) is 0 Å². The Balaban J connectivity index is 1.91. The molecule has 0 amide bonds. The number of morpholine rings is 1. The van der Waals surface area contributed by atoms with Crippen molar-refractivity contribution in [3.05, 3.63) is 23.0 Å². The molecular formula is C17H22N6O. The molecule has 24 heavy (non-hydrogen) atoms. The van der Waals surface area contributed by atoms with Gasteiger partial charge in [0.2, 0.25) is 0 Å². The third kappa shape index (κ3) is 2.34. The number of nitrogens with zero attached hydrogens (tertiary/aromatic N) is 6. The first-order valence-corrected chi connectivity index (χ1v) is 8.55. The van der Waals surface area contributed by atoms with E-state index in [9.17, 15) is 5.26 Å². The van der Waals surface area contributed by atoms with Crippen molar-refractivity contribution in [3.8, 4) is 6.07 Å². The summed E-state index contributed by atoms with van der Waals surface area (Å²) >= 11 is 0. The molecular weight excluding hydrogens is 304 g/mol. The van der Waals surface area contributed by atoms with E-state index in [2.05, 4.69) is 39.9 Å². The van der Waals surface area contributed by atoms with Crippen molar-refractivity contribution in [3.63, 3.8) is 0 Å². The van der Waals surface area contributed by atoms with Crippen LogP contribution in [0.4, 0.5) is 5.82 Å². The van der Waals surface area contributed by atoms with E-state index in [-0.39, 0.29) is 0 Å². The van der Waals surface area contributed by atoms with Gasteiger partial charge in [-0.15, -0.1) is 10.2 Å². The van der Waals surface area contributed by atoms with Gasteiger partial charge >= 0.3 is 0 Å². The van der Waals surface area contributed by atoms with E-state index >= 15 is 0 Å². The molecule has 2 aliphatic rings. The predicted octanol–water partition coefficient (Wildman–Crippen LogP) is 1.20. The number of hydrogen-bond acceptors (Lipinski definition) is 6. The highest BCUT2D eigenvalue weighted by Gasteiger charge is 2.29. The van der Waals surface area contributed by atoms with Crippen LogP contribution >= 0.6 is 0 Å². The van der Waals surface area contributed by atoms with Crippen molar-refractivity contribution in [1.82, 2.24) is 19.5 Å². The lowest BCUT2D eigenvalue weighted by molar-refractivity contribution is 0.122. The first-order chi connectivity index (χ1) is 11.7. The Kier molecular flexibility index (Phi) is 3.87. The zero-order valence-electron chi connectivity index (χ0n) is 14.2. The summed E-state index contributed by atoms with van der Waals surface area (Å²) in [5.41, 5.74) is 3.97. The third-order valence-corrected chi connectivity index (χ3v) is 5.10. The van der Waals surface area contributed by atoms with Crippen molar-refractivity contribution in [2.24, 2.45) is 0 Å². The molecule has 1 fully saturated rings. The molecule has 7 heteroatoms. The van der Waals surface area contributed by atoms with E-state index < -0.39 is 0 Å². The molecule has 7 nitrogen and oxygen atoms in total. The molecule has 0 atom stereocenters. The van der Waals surface area contributed by atoms with Crippen molar-refractivity contribution < 1.29 is 4.74 Å². The minimum absolute atomic E-state index is 0.477. The van der Waals surface area contributed by atoms with E-state index in [0.29, 0.717) is 19.3 Å². The summed E-state index contributed by atoms with van der Waals surface area (Å²) in [5.74, 6) is 0.928. The van der Waals surface area contributed by atoms with E-state index in [1.165, 1.54) is 0 Å². The molecule has 0 radical (unpaired) electrons. The second kappa shape index (κ2) is 6.04. The number of rotatable bonds is 2. The van der Waals surface area contributed by atoms with Gasteiger partial charge in [0.1, 0.15) is 18.2 Å². The number of nitriles is 1. The maximum atomic E-state index is 9.90. The quantitative estimate of drug-likeness (QED) is 0.826. The van der Waals surface area contributed by atoms with Crippen LogP contribution in [0.3, 0.4) is 0 Å². The van der Waals surface area contributed by atoms with Gasteiger partial charge in [0, 0.05) is 37.8 Å². The van der Waals surface area contributed by atoms with Gasteiger partial charge in [0.15, 0.2) is 5.65 Å². The number of aromatic nitrogens is 3. The normalized spacial score (nSPS) is 18.8. The Bertz CT molecular complexity index is 799. The molecule has 2 aromatic heterocycles. The summed E-state index contributed by atoms with van der Waals surface area (Å²) in [5, 5.41) is 18.4. The van der Waals surface area contributed by atoms with E-state index in [1.807, 2.05) is 4.40 Å². The number of fused-ring (bicyclic) bond motifs is 3. The van der Waals surface area contributed by atoms with Crippen LogP contribution in [0.15, 0.2) is 6.33 Å². The molecule has 0 saturated carbocycles. The van der Waals surface area contributed by atoms with Crippen LogP contribution < -0.4 is 4.90 Å². The van der Waals surface area contributed by atoms with Crippen LogP contribution in [0.1, 0.15) is 30.5 Å². The monoisotopic (exact) mass is 326 g/mol. The zero-order chi connectivity index (χ0) is 16.7. The van der Waals surface area contributed by atoms with Gasteiger partial charge in [-0.25, -0.2) is 0 Å². The van der Waals surface area contributed by atoms with Crippen molar-refractivity contribution >= 4 is 11.5 Å². The van der Waals surface area contributed by atoms with E-state index in [1.54, 1.807) is 6.33 Å². The highest BCUT2D eigenvalue weighted by atomic mass is 16.5. The fourth-order valence-electron chi connectivity index (χ4n) is 3.76. The summed E-state index contributed by atoms with van der Waals surface area (Å²) < 4.78 is 7.46. The first-order valence-electron chi connectivity index (χ1n) is 8.55. The SMILES string of the molecule is CC(C)N1CCc2c(C#N)c(N3CCOCC3)n3cnnc3c2C1. The van der Waals surface area contributed by atoms with Crippen molar-refractivity contribution in [2.45, 2.75) is 32.9 Å². The summed E-state index contributed by atoms with van der Waals surface area (Å²) in [4.78, 5) is 4.65. The molecule has 2 aliphatic heterocycles. The van der Waals surface area contributed by atoms with Gasteiger partial charge in [0.05, 0.1) is 18.8 Å². The fourth-order valence-corrected chi connectivity index (χ4v) is 3.76. The maximum absolute atomic E-state index is 9.90. The first kappa shape index (κ1) is 15.4. The highest BCUT2D eigenvalue weighted by Crippen LogP contribution is 2.33. The Morgan fingerprint density at radius 1 is 1.21 bits per heavy atom. The summed E-state index contributed by atoms with van der Waals surface area (Å²) in [6.07, 6.45) is 2.62. The molecule has 4 heterocycles. The predicted molar refractivity (Wildman–Crippen MR) is 90.0 cm³/mol. The Morgan fingerprint density at radius 2 is 2.00 bits per heavy atom. The highest BCUT2D eigenvalue weighted by molar-refractivity contribution is 5.69. The fraction of sp³-hybridized carbons (Fsp3) is 0.588. The topological polar surface area (TPSA) is 69.7 Å². The van der Waals surface area contributed by atoms with Gasteiger partial charge in [-0.3, -0.25) is 9.30 Å². The summed E-state index contributed by atoms with van der Waals surface area (Å²) in [6, 6.07) is 2.95. The summed E-state index contributed by atoms with van der Waals surface area (Å²) in [6.45, 7) is 9.18. The average molecular weight is 326 g/mol. The second-order valence-corrected chi connectivity index (χ2v) is 6.71. The Labute approximate surface area is 141 Å². The lowest BCUT2D eigenvalue weighted by Gasteiger charge is -2.35. The zero-order valence-corrected chi connectivity index (χ0v) is 14.2. The third-order valence-electron chi connectivity index (χ3n) is 5.10. The van der Waals surface area contributed by atoms with Crippen LogP contribution in [0.2, 0.25) is 0 Å². The minimum atomic E-state index is 0.477.